The predicted octanol–water partition coefficient (Wildman–Crippen LogP) is 3.82. The van der Waals surface area contributed by atoms with Crippen LogP contribution in [0.2, 0.25) is 15.1 Å². The zero-order chi connectivity index (χ0) is 14.6. The van der Waals surface area contributed by atoms with Gasteiger partial charge in [0.15, 0.2) is 0 Å². The van der Waals surface area contributed by atoms with Crippen molar-refractivity contribution in [1.82, 2.24) is 10.6 Å². The van der Waals surface area contributed by atoms with Gasteiger partial charge in [0.2, 0.25) is 5.91 Å². The number of hydrogen-bond donors (Lipinski definition) is 2. The Bertz CT molecular complexity index is 465. The summed E-state index contributed by atoms with van der Waals surface area (Å²) >= 11 is 18.1. The molecule has 0 radical (unpaired) electrons. The Hall–Kier alpha value is -0.480. The summed E-state index contributed by atoms with van der Waals surface area (Å²) in [7, 11) is 0. The van der Waals surface area contributed by atoms with Crippen LogP contribution in [0.5, 0.6) is 0 Å². The highest BCUT2D eigenvalue weighted by atomic mass is 35.5. The third-order valence-electron chi connectivity index (χ3n) is 2.78. The number of rotatable bonds is 5. The highest BCUT2D eigenvalue weighted by Gasteiger charge is 2.19. The number of amides is 1. The summed E-state index contributed by atoms with van der Waals surface area (Å²) in [5.74, 6) is -0.0504. The molecule has 0 spiro atoms. The molecule has 1 aromatic rings. The van der Waals surface area contributed by atoms with Gasteiger partial charge >= 0.3 is 0 Å². The Morgan fingerprint density at radius 1 is 1.21 bits per heavy atom. The van der Waals surface area contributed by atoms with E-state index in [1.54, 1.807) is 19.1 Å². The molecular formula is C13H17Cl3N2O. The number of likely N-dealkylation sites (N-methyl/N-ethyl adjacent to an activating group) is 1. The first kappa shape index (κ1) is 16.6. The van der Waals surface area contributed by atoms with Crippen molar-refractivity contribution >= 4 is 40.7 Å². The van der Waals surface area contributed by atoms with Crippen molar-refractivity contribution < 1.29 is 4.79 Å². The lowest BCUT2D eigenvalue weighted by Gasteiger charge is -2.21. The van der Waals surface area contributed by atoms with Crippen LogP contribution in [0.3, 0.4) is 0 Å². The van der Waals surface area contributed by atoms with E-state index in [-0.39, 0.29) is 18.0 Å². The van der Waals surface area contributed by atoms with Crippen molar-refractivity contribution in [3.8, 4) is 0 Å². The van der Waals surface area contributed by atoms with Gasteiger partial charge in [-0.3, -0.25) is 10.1 Å². The standard InChI is InChI=1S/C13H17Cl3N2O/c1-4-17-13(19)8(3)18-7(2)9-5-6-10(14)12(16)11(9)15/h5-8,18H,4H2,1-3H3,(H,17,19). The maximum atomic E-state index is 11.7. The van der Waals surface area contributed by atoms with Gasteiger partial charge in [-0.2, -0.15) is 0 Å². The number of hydrogen-bond acceptors (Lipinski definition) is 2. The minimum atomic E-state index is -0.319. The zero-order valence-electron chi connectivity index (χ0n) is 11.1. The van der Waals surface area contributed by atoms with Crippen molar-refractivity contribution in [3.63, 3.8) is 0 Å². The minimum Gasteiger partial charge on any atom is -0.355 e. The van der Waals surface area contributed by atoms with E-state index in [1.165, 1.54) is 0 Å². The van der Waals surface area contributed by atoms with Crippen molar-refractivity contribution in [1.29, 1.82) is 0 Å². The molecule has 6 heteroatoms. The van der Waals surface area contributed by atoms with Gasteiger partial charge in [-0.25, -0.2) is 0 Å². The van der Waals surface area contributed by atoms with Gasteiger partial charge in [-0.15, -0.1) is 0 Å². The first-order valence-corrected chi connectivity index (χ1v) is 7.19. The van der Waals surface area contributed by atoms with Crippen LogP contribution >= 0.6 is 34.8 Å². The molecule has 0 saturated carbocycles. The quantitative estimate of drug-likeness (QED) is 0.809. The van der Waals surface area contributed by atoms with Gasteiger partial charge in [0, 0.05) is 12.6 Å². The second kappa shape index (κ2) is 7.34. The van der Waals surface area contributed by atoms with Crippen LogP contribution in [-0.2, 0) is 4.79 Å². The second-order valence-corrected chi connectivity index (χ2v) is 5.43. The van der Waals surface area contributed by atoms with Crippen LogP contribution in [0.4, 0.5) is 0 Å². The normalized spacial score (nSPS) is 14.0. The van der Waals surface area contributed by atoms with E-state index in [1.807, 2.05) is 13.8 Å². The molecule has 1 amide bonds. The fourth-order valence-corrected chi connectivity index (χ4v) is 2.45. The number of carbonyl (C=O) groups is 1. The Kier molecular flexibility index (Phi) is 6.40. The van der Waals surface area contributed by atoms with Crippen LogP contribution in [0.1, 0.15) is 32.4 Å². The van der Waals surface area contributed by atoms with Crippen LogP contribution in [0.25, 0.3) is 0 Å². The highest BCUT2D eigenvalue weighted by Crippen LogP contribution is 2.35. The summed E-state index contributed by atoms with van der Waals surface area (Å²) in [6.07, 6.45) is 0. The van der Waals surface area contributed by atoms with E-state index < -0.39 is 0 Å². The summed E-state index contributed by atoms with van der Waals surface area (Å²) in [6.45, 7) is 6.20. The molecule has 3 nitrogen and oxygen atoms in total. The van der Waals surface area contributed by atoms with Gasteiger partial charge < -0.3 is 5.32 Å². The van der Waals surface area contributed by atoms with E-state index in [2.05, 4.69) is 10.6 Å². The molecule has 0 aliphatic rings. The summed E-state index contributed by atoms with van der Waals surface area (Å²) in [6, 6.07) is 3.07. The summed E-state index contributed by atoms with van der Waals surface area (Å²) in [5.41, 5.74) is 0.812. The van der Waals surface area contributed by atoms with E-state index in [9.17, 15) is 4.79 Å². The molecule has 0 aromatic heterocycles. The molecule has 0 heterocycles. The monoisotopic (exact) mass is 322 g/mol. The molecule has 0 aliphatic heterocycles. The van der Waals surface area contributed by atoms with Gasteiger partial charge in [0.05, 0.1) is 21.1 Å². The first-order valence-electron chi connectivity index (χ1n) is 6.05. The first-order chi connectivity index (χ1) is 8.88. The molecule has 19 heavy (non-hydrogen) atoms. The van der Waals surface area contributed by atoms with Crippen LogP contribution in [-0.4, -0.2) is 18.5 Å². The fraction of sp³-hybridized carbons (Fsp3) is 0.462. The Morgan fingerprint density at radius 2 is 1.84 bits per heavy atom. The molecule has 0 aliphatic carbocycles. The molecule has 0 saturated heterocycles. The number of carbonyl (C=O) groups excluding carboxylic acids is 1. The van der Waals surface area contributed by atoms with E-state index in [0.29, 0.717) is 21.6 Å². The van der Waals surface area contributed by atoms with Gasteiger partial charge in [-0.1, -0.05) is 40.9 Å². The molecule has 0 fully saturated rings. The molecule has 2 N–H and O–H groups in total. The predicted molar refractivity (Wildman–Crippen MR) is 81.2 cm³/mol. The van der Waals surface area contributed by atoms with Crippen LogP contribution in [0, 0.1) is 0 Å². The lowest BCUT2D eigenvalue weighted by molar-refractivity contribution is -0.122. The molecule has 1 aromatic carbocycles. The van der Waals surface area contributed by atoms with Crippen LogP contribution < -0.4 is 10.6 Å². The van der Waals surface area contributed by atoms with E-state index in [0.717, 1.165) is 5.56 Å². The number of nitrogens with one attached hydrogen (secondary N) is 2. The highest BCUT2D eigenvalue weighted by molar-refractivity contribution is 6.48. The Morgan fingerprint density at radius 3 is 2.42 bits per heavy atom. The largest absolute Gasteiger partial charge is 0.355 e. The smallest absolute Gasteiger partial charge is 0.236 e. The van der Waals surface area contributed by atoms with E-state index >= 15 is 0 Å². The molecule has 106 valence electrons. The van der Waals surface area contributed by atoms with Crippen molar-refractivity contribution in [3.05, 3.63) is 32.8 Å². The van der Waals surface area contributed by atoms with Gasteiger partial charge in [-0.05, 0) is 32.4 Å². The van der Waals surface area contributed by atoms with E-state index in [4.69, 9.17) is 34.8 Å². The fourth-order valence-electron chi connectivity index (χ4n) is 1.74. The van der Waals surface area contributed by atoms with Crippen molar-refractivity contribution in [2.24, 2.45) is 0 Å². The zero-order valence-corrected chi connectivity index (χ0v) is 13.3. The molecular weight excluding hydrogens is 307 g/mol. The summed E-state index contributed by atoms with van der Waals surface area (Å²) in [4.78, 5) is 11.7. The maximum absolute atomic E-state index is 11.7. The number of halogens is 3. The Balaban J connectivity index is 2.81. The average Bonchev–Trinajstić information content (AvgIpc) is 2.36. The molecule has 0 bridgehead atoms. The van der Waals surface area contributed by atoms with Crippen LogP contribution in [0.15, 0.2) is 12.1 Å². The minimum absolute atomic E-state index is 0.0504. The third-order valence-corrected chi connectivity index (χ3v) is 4.08. The number of benzene rings is 1. The molecule has 1 rings (SSSR count). The topological polar surface area (TPSA) is 41.1 Å². The summed E-state index contributed by atoms with van der Waals surface area (Å²) < 4.78 is 0. The SMILES string of the molecule is CCNC(=O)C(C)NC(C)c1ccc(Cl)c(Cl)c1Cl. The summed E-state index contributed by atoms with van der Waals surface area (Å²) in [5, 5.41) is 7.09. The molecule has 2 atom stereocenters. The van der Waals surface area contributed by atoms with Crippen molar-refractivity contribution in [2.75, 3.05) is 6.54 Å². The Labute approximate surface area is 128 Å². The lowest BCUT2D eigenvalue weighted by Crippen LogP contribution is -2.43. The van der Waals surface area contributed by atoms with Crippen molar-refractivity contribution in [2.45, 2.75) is 32.9 Å². The molecule has 2 unspecified atom stereocenters. The maximum Gasteiger partial charge on any atom is 0.236 e. The lowest BCUT2D eigenvalue weighted by atomic mass is 10.1. The van der Waals surface area contributed by atoms with Gasteiger partial charge in [0.25, 0.3) is 0 Å². The second-order valence-electron chi connectivity index (χ2n) is 4.27. The average molecular weight is 324 g/mol. The van der Waals surface area contributed by atoms with Gasteiger partial charge in [0.1, 0.15) is 0 Å². The third kappa shape index (κ3) is 4.25.